The van der Waals surface area contributed by atoms with E-state index in [2.05, 4.69) is 29.8 Å². The average molecular weight is 439 g/mol. The maximum Gasteiger partial charge on any atom is 0.147 e. The number of nitrogens with zero attached hydrogens (tertiary/aromatic N) is 6. The van der Waals surface area contributed by atoms with Crippen LogP contribution < -0.4 is 4.90 Å². The van der Waals surface area contributed by atoms with Gasteiger partial charge in [0.15, 0.2) is 0 Å². The van der Waals surface area contributed by atoms with Gasteiger partial charge < -0.3 is 4.90 Å². The summed E-state index contributed by atoms with van der Waals surface area (Å²) in [6.07, 6.45) is 18.5. The van der Waals surface area contributed by atoms with Crippen molar-refractivity contribution in [3.05, 3.63) is 48.3 Å². The van der Waals surface area contributed by atoms with Gasteiger partial charge in [-0.25, -0.2) is 9.97 Å². The molecule has 2 fully saturated rings. The van der Waals surface area contributed by atoms with Gasteiger partial charge in [0.1, 0.15) is 22.2 Å². The molecule has 2 aliphatic rings. The van der Waals surface area contributed by atoms with Gasteiger partial charge in [-0.2, -0.15) is 0 Å². The molecule has 1 aliphatic carbocycles. The molecule has 1 saturated carbocycles. The van der Waals surface area contributed by atoms with E-state index in [0.29, 0.717) is 21.8 Å². The fourth-order valence-electron chi connectivity index (χ4n) is 4.58. The number of hydrogen-bond donors (Lipinski definition) is 0. The molecule has 3 aromatic heterocycles. The standard InChI is InChI=1S/C22H23ClN6S/c23-20-17(3-8-26-21(20)16-13-24-9-10-25-16)30-19-15-27-18(14-28-19)29-11-6-22(7-12-29)4-1-2-5-22/h3,8-10,13-15H,1-2,4-7,11-12H2. The van der Waals surface area contributed by atoms with Crippen molar-refractivity contribution in [1.82, 2.24) is 24.9 Å². The van der Waals surface area contributed by atoms with Gasteiger partial charge in [0.05, 0.1) is 23.6 Å². The van der Waals surface area contributed by atoms with E-state index in [1.807, 2.05) is 18.5 Å². The molecule has 4 heterocycles. The Morgan fingerprint density at radius 3 is 2.40 bits per heavy atom. The predicted molar refractivity (Wildman–Crippen MR) is 119 cm³/mol. The second-order valence-corrected chi connectivity index (χ2v) is 9.51. The third-order valence-electron chi connectivity index (χ3n) is 6.30. The second-order valence-electron chi connectivity index (χ2n) is 8.07. The highest BCUT2D eigenvalue weighted by atomic mass is 35.5. The van der Waals surface area contributed by atoms with E-state index in [1.54, 1.807) is 24.8 Å². The van der Waals surface area contributed by atoms with Crippen molar-refractivity contribution in [1.29, 1.82) is 0 Å². The van der Waals surface area contributed by atoms with Crippen LogP contribution >= 0.6 is 23.4 Å². The van der Waals surface area contributed by atoms with E-state index in [1.165, 1.54) is 50.3 Å². The number of rotatable bonds is 4. The molecule has 0 unspecified atom stereocenters. The van der Waals surface area contributed by atoms with Gasteiger partial charge in [0, 0.05) is 36.6 Å². The highest BCUT2D eigenvalue weighted by molar-refractivity contribution is 7.99. The third kappa shape index (κ3) is 4.01. The van der Waals surface area contributed by atoms with E-state index >= 15 is 0 Å². The van der Waals surface area contributed by atoms with Crippen molar-refractivity contribution in [2.45, 2.75) is 48.4 Å². The lowest BCUT2D eigenvalue weighted by molar-refractivity contribution is 0.226. The Morgan fingerprint density at radius 1 is 0.867 bits per heavy atom. The van der Waals surface area contributed by atoms with Gasteiger partial charge in [-0.3, -0.25) is 15.0 Å². The van der Waals surface area contributed by atoms with Crippen LogP contribution in [0.5, 0.6) is 0 Å². The van der Waals surface area contributed by atoms with Crippen molar-refractivity contribution in [3.63, 3.8) is 0 Å². The van der Waals surface area contributed by atoms with Crippen LogP contribution in [0.1, 0.15) is 38.5 Å². The zero-order valence-corrected chi connectivity index (χ0v) is 18.2. The lowest BCUT2D eigenvalue weighted by atomic mass is 9.77. The topological polar surface area (TPSA) is 67.7 Å². The first-order valence-corrected chi connectivity index (χ1v) is 11.6. The molecular formula is C22H23ClN6S. The fraction of sp³-hybridized carbons (Fsp3) is 0.409. The summed E-state index contributed by atoms with van der Waals surface area (Å²) in [5.41, 5.74) is 1.88. The van der Waals surface area contributed by atoms with Crippen LogP contribution in [0.3, 0.4) is 0 Å². The van der Waals surface area contributed by atoms with Gasteiger partial charge >= 0.3 is 0 Å². The number of anilines is 1. The van der Waals surface area contributed by atoms with Gasteiger partial charge in [-0.1, -0.05) is 36.2 Å². The quantitative estimate of drug-likeness (QED) is 0.547. The molecule has 6 nitrogen and oxygen atoms in total. The fourth-order valence-corrected chi connectivity index (χ4v) is 5.65. The predicted octanol–water partition coefficient (Wildman–Crippen LogP) is 5.29. The first-order valence-electron chi connectivity index (χ1n) is 10.4. The Balaban J connectivity index is 1.28. The lowest BCUT2D eigenvalue weighted by Gasteiger charge is -2.39. The maximum absolute atomic E-state index is 6.60. The van der Waals surface area contributed by atoms with E-state index in [-0.39, 0.29) is 0 Å². The van der Waals surface area contributed by atoms with Gasteiger partial charge in [-0.15, -0.1) is 0 Å². The minimum absolute atomic E-state index is 0.548. The molecule has 0 aromatic carbocycles. The summed E-state index contributed by atoms with van der Waals surface area (Å²) < 4.78 is 0. The number of hydrogen-bond acceptors (Lipinski definition) is 7. The average Bonchev–Trinajstić information content (AvgIpc) is 3.25. The number of halogens is 1. The molecular weight excluding hydrogens is 416 g/mol. The summed E-state index contributed by atoms with van der Waals surface area (Å²) in [4.78, 5) is 25.3. The lowest BCUT2D eigenvalue weighted by Crippen LogP contribution is -2.39. The highest BCUT2D eigenvalue weighted by Gasteiger charge is 2.37. The van der Waals surface area contributed by atoms with Crippen LogP contribution in [0.4, 0.5) is 5.82 Å². The van der Waals surface area contributed by atoms with Crippen LogP contribution in [0.25, 0.3) is 11.4 Å². The molecule has 8 heteroatoms. The molecule has 0 N–H and O–H groups in total. The Bertz CT molecular complexity index is 998. The summed E-state index contributed by atoms with van der Waals surface area (Å²) >= 11 is 8.08. The Morgan fingerprint density at radius 2 is 1.70 bits per heavy atom. The van der Waals surface area contributed by atoms with Crippen LogP contribution in [0.15, 0.2) is 53.2 Å². The molecule has 30 heavy (non-hydrogen) atoms. The minimum Gasteiger partial charge on any atom is -0.355 e. The van der Waals surface area contributed by atoms with Crippen molar-refractivity contribution >= 4 is 29.2 Å². The van der Waals surface area contributed by atoms with E-state index in [9.17, 15) is 0 Å². The number of piperidine rings is 1. The van der Waals surface area contributed by atoms with E-state index < -0.39 is 0 Å². The summed E-state index contributed by atoms with van der Waals surface area (Å²) in [5.74, 6) is 0.966. The Kier molecular flexibility index (Phi) is 5.56. The summed E-state index contributed by atoms with van der Waals surface area (Å²) in [6.45, 7) is 2.16. The van der Waals surface area contributed by atoms with Crippen LogP contribution in [0.2, 0.25) is 5.02 Å². The Hall–Kier alpha value is -2.25. The third-order valence-corrected chi connectivity index (χ3v) is 7.78. The monoisotopic (exact) mass is 438 g/mol. The molecule has 0 bridgehead atoms. The SMILES string of the molecule is Clc1c(Sc2cnc(N3CCC4(CCCC4)CC3)cn2)ccnc1-c1cnccn1. The molecule has 0 radical (unpaired) electrons. The molecule has 5 rings (SSSR count). The molecule has 0 atom stereocenters. The molecule has 1 spiro atoms. The summed E-state index contributed by atoms with van der Waals surface area (Å²) in [5, 5.41) is 1.35. The van der Waals surface area contributed by atoms with Crippen molar-refractivity contribution < 1.29 is 0 Å². The first kappa shape index (κ1) is 19.7. The summed E-state index contributed by atoms with van der Waals surface area (Å²) in [7, 11) is 0. The zero-order valence-electron chi connectivity index (χ0n) is 16.7. The minimum atomic E-state index is 0.548. The van der Waals surface area contributed by atoms with Crippen molar-refractivity contribution in [2.24, 2.45) is 5.41 Å². The van der Waals surface area contributed by atoms with Crippen LogP contribution in [-0.2, 0) is 0 Å². The Labute approximate surface area is 185 Å². The molecule has 1 saturated heterocycles. The van der Waals surface area contributed by atoms with E-state index in [0.717, 1.165) is 28.8 Å². The number of aromatic nitrogens is 5. The molecule has 154 valence electrons. The molecule has 1 aliphatic heterocycles. The van der Waals surface area contributed by atoms with E-state index in [4.69, 9.17) is 11.6 Å². The molecule has 3 aromatic rings. The van der Waals surface area contributed by atoms with Gasteiger partial charge in [0.2, 0.25) is 0 Å². The van der Waals surface area contributed by atoms with Gasteiger partial charge in [0.25, 0.3) is 0 Å². The van der Waals surface area contributed by atoms with Gasteiger partial charge in [-0.05, 0) is 37.2 Å². The first-order chi connectivity index (χ1) is 14.7. The largest absolute Gasteiger partial charge is 0.355 e. The van der Waals surface area contributed by atoms with Crippen LogP contribution in [0, 0.1) is 5.41 Å². The highest BCUT2D eigenvalue weighted by Crippen LogP contribution is 2.46. The second kappa shape index (κ2) is 8.47. The zero-order chi connectivity index (χ0) is 20.4. The maximum atomic E-state index is 6.60. The number of pyridine rings is 1. The smallest absolute Gasteiger partial charge is 0.147 e. The summed E-state index contributed by atoms with van der Waals surface area (Å²) in [6, 6.07) is 1.88. The van der Waals surface area contributed by atoms with Crippen LogP contribution in [-0.4, -0.2) is 38.0 Å². The van der Waals surface area contributed by atoms with Crippen molar-refractivity contribution in [2.75, 3.05) is 18.0 Å². The normalized spacial score (nSPS) is 18.1. The molecule has 0 amide bonds. The van der Waals surface area contributed by atoms with Crippen molar-refractivity contribution in [3.8, 4) is 11.4 Å².